The minimum Gasteiger partial charge on any atom is -0.497 e. The Morgan fingerprint density at radius 2 is 1.93 bits per heavy atom. The van der Waals surface area contributed by atoms with Gasteiger partial charge in [-0.05, 0) is 75.1 Å². The third-order valence-corrected chi connectivity index (χ3v) is 5.52. The van der Waals surface area contributed by atoms with E-state index in [0.29, 0.717) is 11.3 Å². The van der Waals surface area contributed by atoms with Gasteiger partial charge in [-0.1, -0.05) is 18.1 Å². The van der Waals surface area contributed by atoms with E-state index in [0.717, 1.165) is 46.1 Å². The van der Waals surface area contributed by atoms with Gasteiger partial charge in [-0.2, -0.15) is 0 Å². The zero-order chi connectivity index (χ0) is 20.6. The second kappa shape index (κ2) is 7.25. The number of rotatable bonds is 4. The summed E-state index contributed by atoms with van der Waals surface area (Å²) >= 11 is 0. The highest BCUT2D eigenvalue weighted by Gasteiger charge is 2.47. The van der Waals surface area contributed by atoms with E-state index in [2.05, 4.69) is 29.3 Å². The van der Waals surface area contributed by atoms with E-state index in [1.807, 2.05) is 45.0 Å². The summed E-state index contributed by atoms with van der Waals surface area (Å²) in [5.41, 5.74) is 5.07. The van der Waals surface area contributed by atoms with Crippen LogP contribution in [0.4, 0.5) is 0 Å². The van der Waals surface area contributed by atoms with Gasteiger partial charge < -0.3 is 10.1 Å². The second-order valence-electron chi connectivity index (χ2n) is 7.64. The van der Waals surface area contributed by atoms with Crippen LogP contribution in [0.2, 0.25) is 0 Å². The number of hydrogen-bond donors (Lipinski definition) is 1. The molecular formula is C25H24N2O2. The molecule has 1 aliphatic carbocycles. The minimum atomic E-state index is -0.382. The van der Waals surface area contributed by atoms with Crippen LogP contribution in [0, 0.1) is 25.7 Å². The maximum absolute atomic E-state index is 13.2. The highest BCUT2D eigenvalue weighted by molar-refractivity contribution is 5.97. The van der Waals surface area contributed by atoms with E-state index in [4.69, 9.17) is 9.72 Å². The molecule has 0 radical (unpaired) electrons. The minimum absolute atomic E-state index is 0.0842. The molecule has 4 nitrogen and oxygen atoms in total. The van der Waals surface area contributed by atoms with Crippen molar-refractivity contribution in [2.45, 2.75) is 39.2 Å². The number of pyridine rings is 1. The first-order valence-corrected chi connectivity index (χ1v) is 9.77. The average molecular weight is 384 g/mol. The second-order valence-corrected chi connectivity index (χ2v) is 7.64. The Kier molecular flexibility index (Phi) is 4.76. The van der Waals surface area contributed by atoms with Crippen LogP contribution in [-0.2, 0) is 5.54 Å². The van der Waals surface area contributed by atoms with Gasteiger partial charge in [0.25, 0.3) is 5.91 Å². The molecule has 146 valence electrons. The molecule has 0 saturated heterocycles. The van der Waals surface area contributed by atoms with Crippen LogP contribution < -0.4 is 10.1 Å². The standard InChI is InChI=1S/C25H24N2O2/c1-5-6-18-13-22(20-10-8-17(3)26-23(20)14-18)25(11-12-25)27-24(28)21-15-19(29-4)9-7-16(21)2/h7-10,13-15H,11-12H2,1-4H3,(H,27,28). The average Bonchev–Trinajstić information content (AvgIpc) is 3.48. The maximum atomic E-state index is 13.2. The van der Waals surface area contributed by atoms with Crippen molar-refractivity contribution >= 4 is 16.8 Å². The number of aromatic nitrogens is 1. The van der Waals surface area contributed by atoms with Crippen LogP contribution >= 0.6 is 0 Å². The summed E-state index contributed by atoms with van der Waals surface area (Å²) < 4.78 is 5.30. The number of hydrogen-bond acceptors (Lipinski definition) is 3. The molecule has 1 N–H and O–H groups in total. The molecule has 1 heterocycles. The number of carbonyl (C=O) groups is 1. The molecule has 1 fully saturated rings. The molecule has 2 aromatic carbocycles. The molecule has 4 heteroatoms. The van der Waals surface area contributed by atoms with E-state index >= 15 is 0 Å². The smallest absolute Gasteiger partial charge is 0.252 e. The number of amides is 1. The van der Waals surface area contributed by atoms with Crippen LogP contribution in [0.25, 0.3) is 10.9 Å². The quantitative estimate of drug-likeness (QED) is 0.666. The first-order valence-electron chi connectivity index (χ1n) is 9.77. The molecule has 4 rings (SSSR count). The lowest BCUT2D eigenvalue weighted by Crippen LogP contribution is -2.35. The molecule has 0 spiro atoms. The van der Waals surface area contributed by atoms with Gasteiger partial charge in [0.05, 0.1) is 18.2 Å². The summed E-state index contributed by atoms with van der Waals surface area (Å²) in [4.78, 5) is 17.9. The predicted molar refractivity (Wildman–Crippen MR) is 115 cm³/mol. The first-order chi connectivity index (χ1) is 14.0. The number of ether oxygens (including phenoxy) is 1. The number of nitrogens with zero attached hydrogens (tertiary/aromatic N) is 1. The van der Waals surface area contributed by atoms with Gasteiger partial charge in [0.2, 0.25) is 0 Å². The summed E-state index contributed by atoms with van der Waals surface area (Å²) in [5.74, 6) is 6.71. The van der Waals surface area contributed by atoms with Crippen LogP contribution in [0.15, 0.2) is 42.5 Å². The highest BCUT2D eigenvalue weighted by Crippen LogP contribution is 2.48. The van der Waals surface area contributed by atoms with Crippen molar-refractivity contribution in [1.82, 2.24) is 10.3 Å². The van der Waals surface area contributed by atoms with Gasteiger partial charge in [0.15, 0.2) is 0 Å². The lowest BCUT2D eigenvalue weighted by Gasteiger charge is -2.21. The fourth-order valence-corrected chi connectivity index (χ4v) is 3.79. The Balaban J connectivity index is 1.77. The Morgan fingerprint density at radius 3 is 2.62 bits per heavy atom. The fourth-order valence-electron chi connectivity index (χ4n) is 3.79. The van der Waals surface area contributed by atoms with Crippen molar-refractivity contribution in [1.29, 1.82) is 0 Å². The third kappa shape index (κ3) is 3.56. The van der Waals surface area contributed by atoms with Crippen molar-refractivity contribution < 1.29 is 9.53 Å². The summed E-state index contributed by atoms with van der Waals surface area (Å²) in [6.45, 7) is 5.75. The number of carbonyl (C=O) groups excluding carboxylic acids is 1. The fraction of sp³-hybridized carbons (Fsp3) is 0.280. The summed E-state index contributed by atoms with van der Waals surface area (Å²) in [7, 11) is 1.61. The number of benzene rings is 2. The summed E-state index contributed by atoms with van der Waals surface area (Å²) in [5, 5.41) is 4.36. The van der Waals surface area contributed by atoms with Gasteiger partial charge in [-0.3, -0.25) is 9.78 Å². The topological polar surface area (TPSA) is 51.2 Å². The predicted octanol–water partition coefficient (Wildman–Crippen LogP) is 4.65. The number of aryl methyl sites for hydroxylation is 2. The maximum Gasteiger partial charge on any atom is 0.252 e. The number of fused-ring (bicyclic) bond motifs is 1. The molecule has 3 aromatic rings. The van der Waals surface area contributed by atoms with Gasteiger partial charge in [0.1, 0.15) is 5.75 Å². The Labute approximate surface area is 171 Å². The molecule has 0 atom stereocenters. The van der Waals surface area contributed by atoms with Crippen LogP contribution in [-0.4, -0.2) is 18.0 Å². The van der Waals surface area contributed by atoms with Crippen LogP contribution in [0.3, 0.4) is 0 Å². The van der Waals surface area contributed by atoms with E-state index in [-0.39, 0.29) is 11.4 Å². The van der Waals surface area contributed by atoms with E-state index in [9.17, 15) is 4.79 Å². The summed E-state index contributed by atoms with van der Waals surface area (Å²) in [6, 6.07) is 13.8. The number of nitrogens with one attached hydrogen (secondary N) is 1. The van der Waals surface area contributed by atoms with Gasteiger partial charge in [-0.25, -0.2) is 0 Å². The monoisotopic (exact) mass is 384 g/mol. The number of methoxy groups -OCH3 is 1. The first kappa shape index (κ1) is 19.0. The molecule has 0 bridgehead atoms. The lowest BCUT2D eigenvalue weighted by molar-refractivity contribution is 0.0930. The normalized spacial score (nSPS) is 14.1. The molecule has 1 amide bonds. The van der Waals surface area contributed by atoms with Gasteiger partial charge in [0, 0.05) is 22.2 Å². The lowest BCUT2D eigenvalue weighted by atomic mass is 9.95. The molecule has 1 saturated carbocycles. The van der Waals surface area contributed by atoms with Crippen molar-refractivity contribution in [3.05, 3.63) is 70.4 Å². The van der Waals surface area contributed by atoms with Crippen molar-refractivity contribution in [2.75, 3.05) is 7.11 Å². The highest BCUT2D eigenvalue weighted by atomic mass is 16.5. The SMILES string of the molecule is CC#Cc1cc(C2(NC(=O)c3cc(OC)ccc3C)CC2)c2ccc(C)nc2c1. The Morgan fingerprint density at radius 1 is 1.14 bits per heavy atom. The molecule has 1 aliphatic rings. The summed E-state index contributed by atoms with van der Waals surface area (Å²) in [6.07, 6.45) is 1.79. The molecule has 0 aliphatic heterocycles. The molecular weight excluding hydrogens is 360 g/mol. The van der Waals surface area contributed by atoms with Crippen molar-refractivity contribution in [3.63, 3.8) is 0 Å². The van der Waals surface area contributed by atoms with E-state index in [1.54, 1.807) is 13.2 Å². The Hall–Kier alpha value is -3.32. The van der Waals surface area contributed by atoms with Crippen LogP contribution in [0.5, 0.6) is 5.75 Å². The largest absolute Gasteiger partial charge is 0.497 e. The third-order valence-electron chi connectivity index (χ3n) is 5.52. The van der Waals surface area contributed by atoms with Crippen molar-refractivity contribution in [2.24, 2.45) is 0 Å². The van der Waals surface area contributed by atoms with E-state index < -0.39 is 0 Å². The zero-order valence-electron chi connectivity index (χ0n) is 17.2. The van der Waals surface area contributed by atoms with Gasteiger partial charge >= 0.3 is 0 Å². The zero-order valence-corrected chi connectivity index (χ0v) is 17.2. The Bertz CT molecular complexity index is 1180. The molecule has 0 unspecified atom stereocenters. The van der Waals surface area contributed by atoms with Gasteiger partial charge in [-0.15, -0.1) is 5.92 Å². The molecule has 29 heavy (non-hydrogen) atoms. The van der Waals surface area contributed by atoms with Crippen LogP contribution in [0.1, 0.15) is 52.5 Å². The van der Waals surface area contributed by atoms with E-state index in [1.165, 1.54) is 0 Å². The molecule has 1 aromatic heterocycles. The van der Waals surface area contributed by atoms with Crippen molar-refractivity contribution in [3.8, 4) is 17.6 Å².